The van der Waals surface area contributed by atoms with E-state index in [1.54, 1.807) is 0 Å². The van der Waals surface area contributed by atoms with Crippen molar-refractivity contribution in [2.24, 2.45) is 0 Å². The second kappa shape index (κ2) is 6.26. The van der Waals surface area contributed by atoms with E-state index < -0.39 is 17.7 Å². The highest BCUT2D eigenvalue weighted by Gasteiger charge is 2.32. The summed E-state index contributed by atoms with van der Waals surface area (Å²) in [6.45, 7) is 0. The Morgan fingerprint density at radius 2 is 1.92 bits per heavy atom. The minimum absolute atomic E-state index is 0.0607. The number of carbonyl (C=O) groups is 1. The van der Waals surface area contributed by atoms with Crippen molar-refractivity contribution in [2.45, 2.75) is 44.2 Å². The Kier molecular flexibility index (Phi) is 4.29. The molecule has 0 spiro atoms. The van der Waals surface area contributed by atoms with Gasteiger partial charge in [-0.05, 0) is 31.0 Å². The fourth-order valence-electron chi connectivity index (χ4n) is 3.19. The largest absolute Gasteiger partial charge is 0.476 e. The van der Waals surface area contributed by atoms with Gasteiger partial charge in [-0.3, -0.25) is 0 Å². The summed E-state index contributed by atoms with van der Waals surface area (Å²) in [6, 6.07) is 4.69. The molecular weight excluding hydrogens is 323 g/mol. The molecule has 0 aliphatic heterocycles. The van der Waals surface area contributed by atoms with Crippen molar-refractivity contribution >= 4 is 5.97 Å². The lowest BCUT2D eigenvalue weighted by Crippen LogP contribution is -2.15. The number of alkyl halides is 3. The molecule has 0 radical (unpaired) electrons. The van der Waals surface area contributed by atoms with E-state index in [9.17, 15) is 23.1 Å². The van der Waals surface area contributed by atoms with Crippen LogP contribution in [0.2, 0.25) is 0 Å². The third-order valence-corrected chi connectivity index (χ3v) is 4.32. The van der Waals surface area contributed by atoms with Crippen molar-refractivity contribution in [1.29, 1.82) is 0 Å². The van der Waals surface area contributed by atoms with E-state index in [4.69, 9.17) is 0 Å². The second-order valence-corrected chi connectivity index (χ2v) is 5.92. The molecule has 0 bridgehead atoms. The third-order valence-electron chi connectivity index (χ3n) is 4.32. The maximum atomic E-state index is 12.9. The SMILES string of the molecule is O=C(O)c1nnn(-c2cccc(C(F)(F)F)c2)c1C1CCCCC1. The first kappa shape index (κ1) is 16.5. The lowest BCUT2D eigenvalue weighted by molar-refractivity contribution is -0.137. The molecule has 1 fully saturated rings. The number of carboxylic acid groups (broad SMARTS) is 1. The van der Waals surface area contributed by atoms with Gasteiger partial charge in [0.15, 0.2) is 5.69 Å². The smallest absolute Gasteiger partial charge is 0.416 e. The van der Waals surface area contributed by atoms with Crippen LogP contribution >= 0.6 is 0 Å². The average molecular weight is 339 g/mol. The number of benzene rings is 1. The van der Waals surface area contributed by atoms with Gasteiger partial charge in [-0.1, -0.05) is 30.5 Å². The zero-order valence-corrected chi connectivity index (χ0v) is 12.8. The lowest BCUT2D eigenvalue weighted by atomic mass is 9.86. The molecule has 1 aromatic carbocycles. The zero-order valence-electron chi connectivity index (χ0n) is 12.8. The molecular formula is C16H16F3N3O2. The van der Waals surface area contributed by atoms with Crippen LogP contribution in [0.5, 0.6) is 0 Å². The molecule has 1 aliphatic rings. The van der Waals surface area contributed by atoms with E-state index in [1.807, 2.05) is 0 Å². The number of rotatable bonds is 3. The first-order valence-electron chi connectivity index (χ1n) is 7.74. The van der Waals surface area contributed by atoms with Gasteiger partial charge in [-0.15, -0.1) is 5.10 Å². The number of hydrogen-bond acceptors (Lipinski definition) is 3. The fourth-order valence-corrected chi connectivity index (χ4v) is 3.19. The number of carboxylic acids is 1. The summed E-state index contributed by atoms with van der Waals surface area (Å²) in [5, 5.41) is 16.9. The van der Waals surface area contributed by atoms with Crippen molar-refractivity contribution in [3.05, 3.63) is 41.2 Å². The van der Waals surface area contributed by atoms with E-state index in [1.165, 1.54) is 16.8 Å². The Morgan fingerprint density at radius 1 is 1.21 bits per heavy atom. The third kappa shape index (κ3) is 3.13. The van der Waals surface area contributed by atoms with Gasteiger partial charge < -0.3 is 5.11 Å². The summed E-state index contributed by atoms with van der Waals surface area (Å²) in [4.78, 5) is 11.4. The minimum Gasteiger partial charge on any atom is -0.476 e. The molecule has 1 N–H and O–H groups in total. The molecule has 5 nitrogen and oxygen atoms in total. The Morgan fingerprint density at radius 3 is 2.54 bits per heavy atom. The van der Waals surface area contributed by atoms with Gasteiger partial charge in [0.1, 0.15) is 0 Å². The van der Waals surface area contributed by atoms with Crippen molar-refractivity contribution in [1.82, 2.24) is 15.0 Å². The van der Waals surface area contributed by atoms with Gasteiger partial charge in [-0.2, -0.15) is 13.2 Å². The molecule has 0 amide bonds. The monoisotopic (exact) mass is 339 g/mol. The number of hydrogen-bond donors (Lipinski definition) is 1. The molecule has 0 saturated heterocycles. The molecule has 3 rings (SSSR count). The first-order valence-corrected chi connectivity index (χ1v) is 7.74. The van der Waals surface area contributed by atoms with E-state index in [-0.39, 0.29) is 17.3 Å². The van der Waals surface area contributed by atoms with Crippen molar-refractivity contribution in [3.63, 3.8) is 0 Å². The quantitative estimate of drug-likeness (QED) is 0.917. The first-order chi connectivity index (χ1) is 11.4. The van der Waals surface area contributed by atoms with Gasteiger partial charge in [0.2, 0.25) is 0 Å². The fraction of sp³-hybridized carbons (Fsp3) is 0.438. The Bertz CT molecular complexity index is 749. The summed E-state index contributed by atoms with van der Waals surface area (Å²) in [7, 11) is 0. The van der Waals surface area contributed by atoms with Gasteiger partial charge >= 0.3 is 12.1 Å². The van der Waals surface area contributed by atoms with Crippen LogP contribution in [0.3, 0.4) is 0 Å². The van der Waals surface area contributed by atoms with Crippen LogP contribution in [0.1, 0.15) is 59.8 Å². The van der Waals surface area contributed by atoms with Crippen LogP contribution in [0.25, 0.3) is 5.69 Å². The van der Waals surface area contributed by atoms with Gasteiger partial charge in [0.25, 0.3) is 0 Å². The zero-order chi connectivity index (χ0) is 17.3. The molecule has 8 heteroatoms. The standard InChI is InChI=1S/C16H16F3N3O2/c17-16(18,19)11-7-4-8-12(9-11)22-14(10-5-2-1-3-6-10)13(15(23)24)20-21-22/h4,7-10H,1-3,5-6H2,(H,23,24). The average Bonchev–Trinajstić information content (AvgIpc) is 3.00. The van der Waals surface area contributed by atoms with Gasteiger partial charge in [-0.25, -0.2) is 9.48 Å². The lowest BCUT2D eigenvalue weighted by Gasteiger charge is -2.22. The van der Waals surface area contributed by atoms with E-state index in [0.717, 1.165) is 44.2 Å². The highest BCUT2D eigenvalue weighted by molar-refractivity contribution is 5.86. The summed E-state index contributed by atoms with van der Waals surface area (Å²) in [6.07, 6.45) is 0.0788. The number of aromatic carboxylic acids is 1. The maximum absolute atomic E-state index is 12.9. The number of halogens is 3. The molecule has 1 saturated carbocycles. The topological polar surface area (TPSA) is 68.0 Å². The molecule has 128 valence electrons. The predicted octanol–water partition coefficient (Wildman–Crippen LogP) is 4.03. The number of aromatic nitrogens is 3. The summed E-state index contributed by atoms with van der Waals surface area (Å²) in [5.74, 6) is -1.27. The predicted molar refractivity (Wildman–Crippen MR) is 79.1 cm³/mol. The van der Waals surface area contributed by atoms with Gasteiger partial charge in [0, 0.05) is 5.92 Å². The van der Waals surface area contributed by atoms with Crippen molar-refractivity contribution < 1.29 is 23.1 Å². The number of nitrogens with zero attached hydrogens (tertiary/aromatic N) is 3. The van der Waals surface area contributed by atoms with E-state index in [2.05, 4.69) is 10.3 Å². The van der Waals surface area contributed by atoms with Crippen molar-refractivity contribution in [3.8, 4) is 5.69 Å². The van der Waals surface area contributed by atoms with Crippen LogP contribution in [0.15, 0.2) is 24.3 Å². The van der Waals surface area contributed by atoms with Crippen LogP contribution in [-0.4, -0.2) is 26.1 Å². The van der Waals surface area contributed by atoms with Gasteiger partial charge in [0.05, 0.1) is 16.9 Å². The maximum Gasteiger partial charge on any atom is 0.416 e. The van der Waals surface area contributed by atoms with Crippen LogP contribution in [0.4, 0.5) is 13.2 Å². The van der Waals surface area contributed by atoms with Crippen LogP contribution in [0, 0.1) is 0 Å². The summed E-state index contributed by atoms with van der Waals surface area (Å²) >= 11 is 0. The van der Waals surface area contributed by atoms with Crippen LogP contribution in [-0.2, 0) is 6.18 Å². The molecule has 24 heavy (non-hydrogen) atoms. The Hall–Kier alpha value is -2.38. The van der Waals surface area contributed by atoms with E-state index in [0.29, 0.717) is 5.69 Å². The molecule has 0 unspecified atom stereocenters. The Balaban J connectivity index is 2.09. The molecule has 1 aromatic heterocycles. The highest BCUT2D eigenvalue weighted by atomic mass is 19.4. The minimum atomic E-state index is -4.47. The molecule has 1 heterocycles. The van der Waals surface area contributed by atoms with E-state index >= 15 is 0 Å². The summed E-state index contributed by atoms with van der Waals surface area (Å²) < 4.78 is 40.0. The molecule has 0 atom stereocenters. The van der Waals surface area contributed by atoms with Crippen LogP contribution < -0.4 is 0 Å². The summed E-state index contributed by atoms with van der Waals surface area (Å²) in [5.41, 5.74) is -0.423. The molecule has 2 aromatic rings. The Labute approximate surface area is 136 Å². The molecule has 1 aliphatic carbocycles. The second-order valence-electron chi connectivity index (χ2n) is 5.92. The highest BCUT2D eigenvalue weighted by Crippen LogP contribution is 2.36. The van der Waals surface area contributed by atoms with Crippen molar-refractivity contribution in [2.75, 3.05) is 0 Å². The normalized spacial score (nSPS) is 16.3.